The molecular formula is C15H20N2O3. The number of benzene rings is 1. The van der Waals surface area contributed by atoms with Crippen LogP contribution in [0.4, 0.5) is 5.69 Å². The van der Waals surface area contributed by atoms with Crippen LogP contribution in [0.15, 0.2) is 18.2 Å². The van der Waals surface area contributed by atoms with E-state index in [1.165, 1.54) is 0 Å². The van der Waals surface area contributed by atoms with Crippen LogP contribution in [-0.2, 0) is 11.2 Å². The van der Waals surface area contributed by atoms with Crippen LogP contribution < -0.4 is 10.6 Å². The number of carbonyl (C=O) groups excluding carboxylic acids is 1. The topological polar surface area (TPSA) is 78.4 Å². The molecule has 0 saturated heterocycles. The van der Waals surface area contributed by atoms with Crippen LogP contribution in [0.3, 0.4) is 0 Å². The van der Waals surface area contributed by atoms with Crippen LogP contribution >= 0.6 is 0 Å². The Morgan fingerprint density at radius 2 is 2.10 bits per heavy atom. The van der Waals surface area contributed by atoms with Crippen LogP contribution in [0, 0.1) is 5.92 Å². The minimum Gasteiger partial charge on any atom is -0.480 e. The van der Waals surface area contributed by atoms with Crippen LogP contribution in [-0.4, -0.2) is 29.6 Å². The molecule has 5 nitrogen and oxygen atoms in total. The molecule has 1 aromatic rings. The molecule has 0 unspecified atom stereocenters. The molecule has 3 N–H and O–H groups in total. The highest BCUT2D eigenvalue weighted by Crippen LogP contribution is 2.25. The summed E-state index contributed by atoms with van der Waals surface area (Å²) in [5.74, 6) is -1.47. The summed E-state index contributed by atoms with van der Waals surface area (Å²) >= 11 is 0. The Morgan fingerprint density at radius 3 is 2.75 bits per heavy atom. The van der Waals surface area contributed by atoms with Gasteiger partial charge in [-0.25, -0.2) is 4.79 Å². The Kier molecular flexibility index (Phi) is 4.27. The molecule has 0 saturated carbocycles. The van der Waals surface area contributed by atoms with Crippen molar-refractivity contribution in [2.75, 3.05) is 11.9 Å². The minimum absolute atomic E-state index is 0.158. The number of carbonyl (C=O) groups is 2. The third-order valence-corrected chi connectivity index (χ3v) is 3.56. The first-order valence-corrected chi connectivity index (χ1v) is 6.90. The predicted molar refractivity (Wildman–Crippen MR) is 77.0 cm³/mol. The number of amides is 1. The summed E-state index contributed by atoms with van der Waals surface area (Å²) in [6, 6.07) is 4.65. The van der Waals surface area contributed by atoms with Crippen molar-refractivity contribution < 1.29 is 14.7 Å². The van der Waals surface area contributed by atoms with Crippen LogP contribution in [0.1, 0.15) is 36.2 Å². The third-order valence-electron chi connectivity index (χ3n) is 3.56. The number of aliphatic carboxylic acids is 1. The van der Waals surface area contributed by atoms with E-state index in [0.717, 1.165) is 30.6 Å². The fourth-order valence-corrected chi connectivity index (χ4v) is 2.46. The maximum atomic E-state index is 12.3. The van der Waals surface area contributed by atoms with Gasteiger partial charge in [0.2, 0.25) is 0 Å². The van der Waals surface area contributed by atoms with Crippen LogP contribution in [0.25, 0.3) is 0 Å². The van der Waals surface area contributed by atoms with Gasteiger partial charge in [0, 0.05) is 17.8 Å². The Morgan fingerprint density at radius 1 is 1.35 bits per heavy atom. The van der Waals surface area contributed by atoms with Gasteiger partial charge in [-0.3, -0.25) is 4.79 Å². The zero-order chi connectivity index (χ0) is 14.7. The van der Waals surface area contributed by atoms with Crippen molar-refractivity contribution in [1.29, 1.82) is 0 Å². The molecule has 0 spiro atoms. The quantitative estimate of drug-likeness (QED) is 0.784. The van der Waals surface area contributed by atoms with Gasteiger partial charge < -0.3 is 15.7 Å². The van der Waals surface area contributed by atoms with Gasteiger partial charge >= 0.3 is 5.97 Å². The predicted octanol–water partition coefficient (Wildman–Crippen LogP) is 1.88. The molecular weight excluding hydrogens is 256 g/mol. The van der Waals surface area contributed by atoms with E-state index in [9.17, 15) is 9.59 Å². The molecule has 1 atom stereocenters. The number of rotatable bonds is 4. The first-order valence-electron chi connectivity index (χ1n) is 6.90. The van der Waals surface area contributed by atoms with E-state index < -0.39 is 12.0 Å². The molecule has 0 aliphatic carbocycles. The molecule has 20 heavy (non-hydrogen) atoms. The summed E-state index contributed by atoms with van der Waals surface area (Å²) in [5.41, 5.74) is 2.52. The van der Waals surface area contributed by atoms with Gasteiger partial charge in [-0.15, -0.1) is 0 Å². The van der Waals surface area contributed by atoms with Crippen LogP contribution in [0.2, 0.25) is 0 Å². The van der Waals surface area contributed by atoms with Crippen molar-refractivity contribution in [3.63, 3.8) is 0 Å². The molecule has 0 fully saturated rings. The molecule has 1 aromatic carbocycles. The molecule has 0 bridgehead atoms. The molecule has 1 amide bonds. The third kappa shape index (κ3) is 2.92. The molecule has 1 aliphatic heterocycles. The first-order chi connectivity index (χ1) is 9.50. The fraction of sp³-hybridized carbons (Fsp3) is 0.467. The molecule has 0 aromatic heterocycles. The van der Waals surface area contributed by atoms with Crippen molar-refractivity contribution in [3.8, 4) is 0 Å². The molecule has 5 heteroatoms. The number of carboxylic acid groups (broad SMARTS) is 1. The number of hydrogen-bond donors (Lipinski definition) is 3. The smallest absolute Gasteiger partial charge is 0.326 e. The van der Waals surface area contributed by atoms with Gasteiger partial charge in [-0.1, -0.05) is 19.9 Å². The Labute approximate surface area is 118 Å². The monoisotopic (exact) mass is 276 g/mol. The van der Waals surface area contributed by atoms with Crippen molar-refractivity contribution in [3.05, 3.63) is 29.3 Å². The summed E-state index contributed by atoms with van der Waals surface area (Å²) < 4.78 is 0. The van der Waals surface area contributed by atoms with Crippen molar-refractivity contribution >= 4 is 17.6 Å². The number of fused-ring (bicyclic) bond motifs is 1. The second kappa shape index (κ2) is 5.94. The number of anilines is 1. The summed E-state index contributed by atoms with van der Waals surface area (Å²) in [5, 5.41) is 15.0. The van der Waals surface area contributed by atoms with E-state index in [0.29, 0.717) is 5.56 Å². The molecule has 1 aliphatic rings. The minimum atomic E-state index is -1.00. The summed E-state index contributed by atoms with van der Waals surface area (Å²) in [6.45, 7) is 4.46. The number of carboxylic acids is 1. The van der Waals surface area contributed by atoms with E-state index in [2.05, 4.69) is 10.6 Å². The molecule has 1 heterocycles. The van der Waals surface area contributed by atoms with Gasteiger partial charge in [-0.2, -0.15) is 0 Å². The molecule has 2 rings (SSSR count). The standard InChI is InChI=1S/C15H20N2O3/c1-9(2)13(15(19)20)17-14(18)11-5-3-7-12-10(11)6-4-8-16-12/h3,5,7,9,13,16H,4,6,8H2,1-2H3,(H,17,18)(H,19,20)/t13-/m1/s1. The van der Waals surface area contributed by atoms with E-state index >= 15 is 0 Å². The van der Waals surface area contributed by atoms with Crippen molar-refractivity contribution in [2.24, 2.45) is 5.92 Å². The van der Waals surface area contributed by atoms with Crippen molar-refractivity contribution in [1.82, 2.24) is 5.32 Å². The first kappa shape index (κ1) is 14.4. The highest BCUT2D eigenvalue weighted by atomic mass is 16.4. The highest BCUT2D eigenvalue weighted by molar-refractivity contribution is 5.99. The Balaban J connectivity index is 2.23. The lowest BCUT2D eigenvalue weighted by Gasteiger charge is -2.22. The largest absolute Gasteiger partial charge is 0.480 e. The maximum absolute atomic E-state index is 12.3. The Bertz CT molecular complexity index is 526. The summed E-state index contributed by atoms with van der Waals surface area (Å²) in [6.07, 6.45) is 1.81. The van der Waals surface area contributed by atoms with E-state index in [-0.39, 0.29) is 11.8 Å². The lowest BCUT2D eigenvalue weighted by Crippen LogP contribution is -2.44. The Hall–Kier alpha value is -2.04. The average Bonchev–Trinajstić information content (AvgIpc) is 2.43. The van der Waals surface area contributed by atoms with Gasteiger partial charge in [0.05, 0.1) is 0 Å². The number of nitrogens with one attached hydrogen (secondary N) is 2. The van der Waals surface area contributed by atoms with E-state index in [1.54, 1.807) is 19.9 Å². The van der Waals surface area contributed by atoms with Crippen LogP contribution in [0.5, 0.6) is 0 Å². The van der Waals surface area contributed by atoms with E-state index in [1.807, 2.05) is 12.1 Å². The normalized spacial score (nSPS) is 15.2. The summed E-state index contributed by atoms with van der Waals surface area (Å²) in [4.78, 5) is 23.5. The maximum Gasteiger partial charge on any atom is 0.326 e. The lowest BCUT2D eigenvalue weighted by molar-refractivity contribution is -0.140. The second-order valence-corrected chi connectivity index (χ2v) is 5.40. The number of hydrogen-bond acceptors (Lipinski definition) is 3. The fourth-order valence-electron chi connectivity index (χ4n) is 2.46. The second-order valence-electron chi connectivity index (χ2n) is 5.40. The van der Waals surface area contributed by atoms with Gasteiger partial charge in [0.25, 0.3) is 5.91 Å². The van der Waals surface area contributed by atoms with Crippen molar-refractivity contribution in [2.45, 2.75) is 32.7 Å². The van der Waals surface area contributed by atoms with Gasteiger partial charge in [0.15, 0.2) is 0 Å². The SMILES string of the molecule is CC(C)[C@@H](NC(=O)c1cccc2c1CCCN2)C(=O)O. The van der Waals surface area contributed by atoms with Gasteiger partial charge in [0.1, 0.15) is 6.04 Å². The zero-order valence-electron chi connectivity index (χ0n) is 11.8. The average molecular weight is 276 g/mol. The highest BCUT2D eigenvalue weighted by Gasteiger charge is 2.25. The lowest BCUT2D eigenvalue weighted by atomic mass is 9.96. The molecule has 0 radical (unpaired) electrons. The molecule has 108 valence electrons. The van der Waals surface area contributed by atoms with Gasteiger partial charge in [-0.05, 0) is 36.5 Å². The zero-order valence-corrected chi connectivity index (χ0v) is 11.8. The van der Waals surface area contributed by atoms with E-state index in [4.69, 9.17) is 5.11 Å². The summed E-state index contributed by atoms with van der Waals surface area (Å²) in [7, 11) is 0.